The summed E-state index contributed by atoms with van der Waals surface area (Å²) in [6.45, 7) is 3.12. The van der Waals surface area contributed by atoms with Gasteiger partial charge in [0.15, 0.2) is 5.92 Å². The van der Waals surface area contributed by atoms with E-state index in [1.165, 1.54) is 6.92 Å². The third kappa shape index (κ3) is 4.59. The van der Waals surface area contributed by atoms with Gasteiger partial charge in [-0.1, -0.05) is 13.8 Å². The second-order valence-electron chi connectivity index (χ2n) is 3.53. The van der Waals surface area contributed by atoms with Crippen LogP contribution in [0, 0.1) is 5.92 Å². The van der Waals surface area contributed by atoms with Gasteiger partial charge in [0, 0.05) is 6.04 Å². The number of hydrogen-bond acceptors (Lipinski definition) is 1. The van der Waals surface area contributed by atoms with Crippen LogP contribution in [0.1, 0.15) is 26.7 Å². The van der Waals surface area contributed by atoms with Crippen molar-refractivity contribution in [2.75, 3.05) is 6.54 Å². The van der Waals surface area contributed by atoms with Gasteiger partial charge >= 0.3 is 12.4 Å². The molecule has 0 heterocycles. The van der Waals surface area contributed by atoms with E-state index in [1.807, 2.05) is 0 Å². The van der Waals surface area contributed by atoms with Crippen LogP contribution in [0.2, 0.25) is 0 Å². The zero-order chi connectivity index (χ0) is 13.0. The lowest BCUT2D eigenvalue weighted by atomic mass is 9.96. The quantitative estimate of drug-likeness (QED) is 0.737. The van der Waals surface area contributed by atoms with Crippen LogP contribution in [0.3, 0.4) is 0 Å². The first-order valence-electron chi connectivity index (χ1n) is 5.01. The third-order valence-electron chi connectivity index (χ3n) is 2.20. The van der Waals surface area contributed by atoms with E-state index < -0.39 is 24.3 Å². The van der Waals surface area contributed by atoms with Gasteiger partial charge in [0.25, 0.3) is 0 Å². The van der Waals surface area contributed by atoms with Crippen LogP contribution < -0.4 is 5.32 Å². The predicted octanol–water partition coefficient (Wildman–Crippen LogP) is 3.51. The molecule has 0 bridgehead atoms. The van der Waals surface area contributed by atoms with Crippen LogP contribution in [0.4, 0.5) is 26.3 Å². The zero-order valence-electron chi connectivity index (χ0n) is 9.04. The fourth-order valence-corrected chi connectivity index (χ4v) is 1.47. The topological polar surface area (TPSA) is 12.0 Å². The minimum absolute atomic E-state index is 0.140. The number of nitrogens with one attached hydrogen (secondary N) is 1. The summed E-state index contributed by atoms with van der Waals surface area (Å²) in [5, 5.41) is 2.29. The number of rotatable bonds is 5. The van der Waals surface area contributed by atoms with Crippen LogP contribution >= 0.6 is 0 Å². The highest BCUT2D eigenvalue weighted by atomic mass is 19.4. The summed E-state index contributed by atoms with van der Waals surface area (Å²) in [5.74, 6) is -3.29. The van der Waals surface area contributed by atoms with Gasteiger partial charge in [-0.15, -0.1) is 0 Å². The summed E-state index contributed by atoms with van der Waals surface area (Å²) in [5.41, 5.74) is 0. The molecule has 7 heteroatoms. The molecule has 0 aliphatic heterocycles. The van der Waals surface area contributed by atoms with Gasteiger partial charge in [-0.05, 0) is 19.4 Å². The maximum atomic E-state index is 12.3. The molecule has 0 radical (unpaired) electrons. The Kier molecular flexibility index (Phi) is 5.58. The lowest BCUT2D eigenvalue weighted by molar-refractivity contribution is -0.291. The summed E-state index contributed by atoms with van der Waals surface area (Å²) >= 11 is 0. The van der Waals surface area contributed by atoms with Crippen LogP contribution in [0.5, 0.6) is 0 Å². The highest BCUT2D eigenvalue weighted by molar-refractivity contribution is 4.86. The first-order chi connectivity index (χ1) is 7.14. The molecule has 0 saturated heterocycles. The molecule has 0 aliphatic carbocycles. The summed E-state index contributed by atoms with van der Waals surface area (Å²) in [7, 11) is 0. The standard InChI is InChI=1S/C9H15F6N/c1-3-5-16-6(4-2)7(8(10,11)12)9(13,14)15/h6-7,16H,3-5H2,1-2H3. The molecule has 1 nitrogen and oxygen atoms in total. The molecular weight excluding hydrogens is 236 g/mol. The molecule has 0 aromatic rings. The molecule has 0 aliphatic rings. The maximum absolute atomic E-state index is 12.3. The Morgan fingerprint density at radius 1 is 0.938 bits per heavy atom. The fraction of sp³-hybridized carbons (Fsp3) is 1.00. The van der Waals surface area contributed by atoms with Gasteiger partial charge in [0.1, 0.15) is 0 Å². The number of hydrogen-bond donors (Lipinski definition) is 1. The van der Waals surface area contributed by atoms with E-state index >= 15 is 0 Å². The van der Waals surface area contributed by atoms with Gasteiger partial charge in [-0.2, -0.15) is 26.3 Å². The van der Waals surface area contributed by atoms with Crippen molar-refractivity contribution in [3.8, 4) is 0 Å². The highest BCUT2D eigenvalue weighted by Gasteiger charge is 2.59. The summed E-state index contributed by atoms with van der Waals surface area (Å²) in [6.07, 6.45) is -10.3. The molecule has 0 aromatic carbocycles. The van der Waals surface area contributed by atoms with Crippen molar-refractivity contribution in [2.45, 2.75) is 45.1 Å². The van der Waals surface area contributed by atoms with Gasteiger partial charge in [0.2, 0.25) is 0 Å². The van der Waals surface area contributed by atoms with Crippen molar-refractivity contribution < 1.29 is 26.3 Å². The van der Waals surface area contributed by atoms with Gasteiger partial charge < -0.3 is 5.32 Å². The highest BCUT2D eigenvalue weighted by Crippen LogP contribution is 2.42. The Hall–Kier alpha value is -0.460. The van der Waals surface area contributed by atoms with E-state index in [4.69, 9.17) is 0 Å². The maximum Gasteiger partial charge on any atom is 0.401 e. The molecule has 0 rings (SSSR count). The van der Waals surface area contributed by atoms with E-state index in [-0.39, 0.29) is 13.0 Å². The molecule has 0 fully saturated rings. The van der Waals surface area contributed by atoms with Crippen LogP contribution in [0.25, 0.3) is 0 Å². The monoisotopic (exact) mass is 251 g/mol. The van der Waals surface area contributed by atoms with Crippen LogP contribution in [-0.2, 0) is 0 Å². The number of alkyl halides is 6. The minimum atomic E-state index is -5.26. The van der Waals surface area contributed by atoms with E-state index in [2.05, 4.69) is 5.32 Å². The fourth-order valence-electron chi connectivity index (χ4n) is 1.47. The van der Waals surface area contributed by atoms with E-state index in [9.17, 15) is 26.3 Å². The molecule has 0 saturated carbocycles. The van der Waals surface area contributed by atoms with Crippen LogP contribution in [-0.4, -0.2) is 24.9 Å². The molecule has 16 heavy (non-hydrogen) atoms. The van der Waals surface area contributed by atoms with E-state index in [0.29, 0.717) is 6.42 Å². The van der Waals surface area contributed by atoms with E-state index in [1.54, 1.807) is 6.92 Å². The average molecular weight is 251 g/mol. The molecular formula is C9H15F6N. The Morgan fingerprint density at radius 2 is 1.38 bits per heavy atom. The van der Waals surface area contributed by atoms with Crippen molar-refractivity contribution >= 4 is 0 Å². The van der Waals surface area contributed by atoms with Crippen molar-refractivity contribution in [1.82, 2.24) is 5.32 Å². The Balaban J connectivity index is 4.86. The Labute approximate surface area is 90.2 Å². The van der Waals surface area contributed by atoms with Crippen LogP contribution in [0.15, 0.2) is 0 Å². The number of halogens is 6. The zero-order valence-corrected chi connectivity index (χ0v) is 9.04. The Bertz CT molecular complexity index is 183. The predicted molar refractivity (Wildman–Crippen MR) is 48.0 cm³/mol. The van der Waals surface area contributed by atoms with Gasteiger partial charge in [0.05, 0.1) is 0 Å². The van der Waals surface area contributed by atoms with Gasteiger partial charge in [-0.25, -0.2) is 0 Å². The largest absolute Gasteiger partial charge is 0.401 e. The smallest absolute Gasteiger partial charge is 0.313 e. The average Bonchev–Trinajstić information content (AvgIpc) is 2.07. The minimum Gasteiger partial charge on any atom is -0.313 e. The summed E-state index contributed by atoms with van der Waals surface area (Å²) in [6, 6.07) is -1.61. The van der Waals surface area contributed by atoms with E-state index in [0.717, 1.165) is 0 Å². The first kappa shape index (κ1) is 15.5. The molecule has 98 valence electrons. The molecule has 0 aromatic heterocycles. The molecule has 1 unspecified atom stereocenters. The molecule has 0 spiro atoms. The second-order valence-corrected chi connectivity index (χ2v) is 3.53. The van der Waals surface area contributed by atoms with Crippen molar-refractivity contribution in [2.24, 2.45) is 5.92 Å². The Morgan fingerprint density at radius 3 is 1.62 bits per heavy atom. The first-order valence-corrected chi connectivity index (χ1v) is 5.01. The second kappa shape index (κ2) is 5.75. The van der Waals surface area contributed by atoms with Crippen molar-refractivity contribution in [1.29, 1.82) is 0 Å². The van der Waals surface area contributed by atoms with Crippen molar-refractivity contribution in [3.05, 3.63) is 0 Å². The van der Waals surface area contributed by atoms with Gasteiger partial charge in [-0.3, -0.25) is 0 Å². The summed E-state index contributed by atoms with van der Waals surface area (Å²) < 4.78 is 73.9. The van der Waals surface area contributed by atoms with Crippen molar-refractivity contribution in [3.63, 3.8) is 0 Å². The molecule has 1 atom stereocenters. The molecule has 0 amide bonds. The lowest BCUT2D eigenvalue weighted by Gasteiger charge is -2.30. The third-order valence-corrected chi connectivity index (χ3v) is 2.20. The summed E-state index contributed by atoms with van der Waals surface area (Å²) in [4.78, 5) is 0. The normalized spacial score (nSPS) is 15.6. The lowest BCUT2D eigenvalue weighted by Crippen LogP contribution is -2.50. The SMILES string of the molecule is CCCNC(CC)C(C(F)(F)F)C(F)(F)F. The molecule has 1 N–H and O–H groups in total.